The van der Waals surface area contributed by atoms with E-state index < -0.39 is 0 Å². The van der Waals surface area contributed by atoms with Crippen LogP contribution < -0.4 is 5.73 Å². The van der Waals surface area contributed by atoms with E-state index in [1.54, 1.807) is 0 Å². The summed E-state index contributed by atoms with van der Waals surface area (Å²) < 4.78 is 5.81. The van der Waals surface area contributed by atoms with Crippen LogP contribution >= 0.6 is 0 Å². The van der Waals surface area contributed by atoms with E-state index in [0.717, 1.165) is 6.42 Å². The van der Waals surface area contributed by atoms with Gasteiger partial charge in [0.25, 0.3) is 0 Å². The first-order chi connectivity index (χ1) is 6.25. The van der Waals surface area contributed by atoms with Crippen molar-refractivity contribution in [3.8, 4) is 0 Å². The maximum absolute atomic E-state index is 8.65. The van der Waals surface area contributed by atoms with Gasteiger partial charge < -0.3 is 15.6 Å². The third-order valence-corrected chi connectivity index (χ3v) is 3.17. The fraction of sp³-hybridized carbons (Fsp3) is 1.00. The highest BCUT2D eigenvalue weighted by molar-refractivity contribution is 4.92. The first-order valence-electron chi connectivity index (χ1n) is 5.20. The van der Waals surface area contributed by atoms with Crippen LogP contribution in [0.15, 0.2) is 0 Å². The van der Waals surface area contributed by atoms with Gasteiger partial charge >= 0.3 is 0 Å². The van der Waals surface area contributed by atoms with E-state index in [4.69, 9.17) is 15.6 Å². The fourth-order valence-corrected chi connectivity index (χ4v) is 2.13. The molecule has 1 fully saturated rings. The molecule has 13 heavy (non-hydrogen) atoms. The molecule has 1 saturated carbocycles. The quantitative estimate of drug-likeness (QED) is 0.629. The molecule has 0 amide bonds. The highest BCUT2D eigenvalue weighted by Crippen LogP contribution is 2.37. The maximum Gasteiger partial charge on any atom is 0.0829 e. The SMILES string of the molecule is CC1CCCC1(CN)OCCCO. The Kier molecular flexibility index (Phi) is 4.16. The minimum atomic E-state index is -0.0881. The second-order valence-electron chi connectivity index (χ2n) is 3.99. The van der Waals surface area contributed by atoms with Gasteiger partial charge in [0.15, 0.2) is 0 Å². The normalized spacial score (nSPS) is 33.9. The summed E-state index contributed by atoms with van der Waals surface area (Å²) in [5, 5.41) is 8.65. The Bertz CT molecular complexity index is 152. The van der Waals surface area contributed by atoms with E-state index in [1.807, 2.05) is 0 Å². The van der Waals surface area contributed by atoms with Gasteiger partial charge in [-0.3, -0.25) is 0 Å². The Morgan fingerprint density at radius 1 is 1.62 bits per heavy atom. The first-order valence-corrected chi connectivity index (χ1v) is 5.20. The van der Waals surface area contributed by atoms with Crippen molar-refractivity contribution in [2.45, 2.75) is 38.2 Å². The second kappa shape index (κ2) is 4.94. The lowest BCUT2D eigenvalue weighted by molar-refractivity contribution is -0.0646. The number of aliphatic hydroxyl groups excluding tert-OH is 1. The molecule has 0 spiro atoms. The molecule has 0 heterocycles. The molecule has 0 aromatic heterocycles. The molecule has 3 heteroatoms. The van der Waals surface area contributed by atoms with E-state index in [9.17, 15) is 0 Å². The average Bonchev–Trinajstić information content (AvgIpc) is 2.49. The van der Waals surface area contributed by atoms with Crippen molar-refractivity contribution in [2.24, 2.45) is 11.7 Å². The van der Waals surface area contributed by atoms with Crippen LogP contribution in [0.4, 0.5) is 0 Å². The van der Waals surface area contributed by atoms with Crippen molar-refractivity contribution >= 4 is 0 Å². The van der Waals surface area contributed by atoms with Crippen molar-refractivity contribution in [3.05, 3.63) is 0 Å². The number of ether oxygens (including phenoxy) is 1. The van der Waals surface area contributed by atoms with Crippen LogP contribution in [0.5, 0.6) is 0 Å². The Balaban J connectivity index is 2.39. The molecule has 0 bridgehead atoms. The van der Waals surface area contributed by atoms with Gasteiger partial charge in [-0.1, -0.05) is 13.3 Å². The summed E-state index contributed by atoms with van der Waals surface area (Å²) in [5.74, 6) is 0.566. The van der Waals surface area contributed by atoms with Crippen LogP contribution in [0.1, 0.15) is 32.6 Å². The monoisotopic (exact) mass is 187 g/mol. The van der Waals surface area contributed by atoms with Crippen LogP contribution in [0.3, 0.4) is 0 Å². The number of aliphatic hydroxyl groups is 1. The Hall–Kier alpha value is -0.120. The molecule has 2 atom stereocenters. The smallest absolute Gasteiger partial charge is 0.0829 e. The van der Waals surface area contributed by atoms with Crippen molar-refractivity contribution < 1.29 is 9.84 Å². The van der Waals surface area contributed by atoms with Crippen LogP contribution in [-0.4, -0.2) is 30.5 Å². The number of hydrogen-bond donors (Lipinski definition) is 2. The zero-order chi connectivity index (χ0) is 9.73. The number of nitrogens with two attached hydrogens (primary N) is 1. The molecule has 0 aliphatic heterocycles. The molecule has 0 saturated heterocycles. The molecule has 1 aliphatic carbocycles. The van der Waals surface area contributed by atoms with Crippen molar-refractivity contribution in [3.63, 3.8) is 0 Å². The summed E-state index contributed by atoms with van der Waals surface area (Å²) in [4.78, 5) is 0. The third kappa shape index (κ3) is 2.42. The average molecular weight is 187 g/mol. The van der Waals surface area contributed by atoms with Crippen LogP contribution in [0.25, 0.3) is 0 Å². The minimum absolute atomic E-state index is 0.0881. The summed E-state index contributed by atoms with van der Waals surface area (Å²) in [7, 11) is 0. The molecular formula is C10H21NO2. The summed E-state index contributed by atoms with van der Waals surface area (Å²) >= 11 is 0. The van der Waals surface area contributed by atoms with E-state index >= 15 is 0 Å². The van der Waals surface area contributed by atoms with Crippen LogP contribution in [0.2, 0.25) is 0 Å². The Morgan fingerprint density at radius 3 is 2.85 bits per heavy atom. The second-order valence-corrected chi connectivity index (χ2v) is 3.99. The van der Waals surface area contributed by atoms with Gasteiger partial charge in [-0.2, -0.15) is 0 Å². The Morgan fingerprint density at radius 2 is 2.38 bits per heavy atom. The van der Waals surface area contributed by atoms with Gasteiger partial charge in [0.05, 0.1) is 5.60 Å². The van der Waals surface area contributed by atoms with Gasteiger partial charge in [0.1, 0.15) is 0 Å². The molecular weight excluding hydrogens is 166 g/mol. The summed E-state index contributed by atoms with van der Waals surface area (Å²) in [5.41, 5.74) is 5.67. The zero-order valence-electron chi connectivity index (χ0n) is 8.46. The topological polar surface area (TPSA) is 55.5 Å². The molecule has 3 N–H and O–H groups in total. The molecule has 1 rings (SSSR count). The van der Waals surface area contributed by atoms with Gasteiger partial charge in [-0.05, 0) is 25.2 Å². The van der Waals surface area contributed by atoms with Gasteiger partial charge in [0.2, 0.25) is 0 Å². The van der Waals surface area contributed by atoms with E-state index in [1.165, 1.54) is 12.8 Å². The van der Waals surface area contributed by atoms with E-state index in [-0.39, 0.29) is 12.2 Å². The minimum Gasteiger partial charge on any atom is -0.396 e. The first kappa shape index (κ1) is 11.0. The molecule has 0 aromatic carbocycles. The summed E-state index contributed by atoms with van der Waals surface area (Å²) in [6.45, 7) is 3.66. The molecule has 3 nitrogen and oxygen atoms in total. The highest BCUT2D eigenvalue weighted by atomic mass is 16.5. The molecule has 78 valence electrons. The largest absolute Gasteiger partial charge is 0.396 e. The third-order valence-electron chi connectivity index (χ3n) is 3.17. The van der Waals surface area contributed by atoms with Crippen molar-refractivity contribution in [2.75, 3.05) is 19.8 Å². The predicted molar refractivity (Wildman–Crippen MR) is 52.5 cm³/mol. The van der Waals surface area contributed by atoms with Crippen molar-refractivity contribution in [1.82, 2.24) is 0 Å². The molecule has 2 unspecified atom stereocenters. The zero-order valence-corrected chi connectivity index (χ0v) is 8.46. The standard InChI is InChI=1S/C10H21NO2/c1-9-4-2-5-10(9,8-11)13-7-3-6-12/h9,12H,2-8,11H2,1H3. The predicted octanol–water partition coefficient (Wildman–Crippen LogP) is 0.903. The summed E-state index contributed by atoms with van der Waals surface area (Å²) in [6.07, 6.45) is 4.23. The lowest BCUT2D eigenvalue weighted by Gasteiger charge is -2.32. The number of hydrogen-bond acceptors (Lipinski definition) is 3. The molecule has 0 radical (unpaired) electrons. The van der Waals surface area contributed by atoms with Crippen LogP contribution in [0, 0.1) is 5.92 Å². The highest BCUT2D eigenvalue weighted by Gasteiger charge is 2.39. The summed E-state index contributed by atoms with van der Waals surface area (Å²) in [6, 6.07) is 0. The van der Waals surface area contributed by atoms with Crippen LogP contribution in [-0.2, 0) is 4.74 Å². The maximum atomic E-state index is 8.65. The van der Waals surface area contributed by atoms with E-state index in [0.29, 0.717) is 25.5 Å². The number of rotatable bonds is 5. The van der Waals surface area contributed by atoms with Gasteiger partial charge in [-0.15, -0.1) is 0 Å². The molecule has 1 aliphatic rings. The van der Waals surface area contributed by atoms with Gasteiger partial charge in [0, 0.05) is 19.8 Å². The molecule has 0 aromatic rings. The lowest BCUT2D eigenvalue weighted by Crippen LogP contribution is -2.43. The van der Waals surface area contributed by atoms with Crippen molar-refractivity contribution in [1.29, 1.82) is 0 Å². The van der Waals surface area contributed by atoms with E-state index in [2.05, 4.69) is 6.92 Å². The van der Waals surface area contributed by atoms with Gasteiger partial charge in [-0.25, -0.2) is 0 Å². The fourth-order valence-electron chi connectivity index (χ4n) is 2.13. The lowest BCUT2D eigenvalue weighted by atomic mass is 9.92. The Labute approximate surface area is 80.3 Å².